The number of piperidine rings is 1. The van der Waals surface area contributed by atoms with Crippen molar-refractivity contribution >= 4 is 55.7 Å². The van der Waals surface area contributed by atoms with E-state index in [-0.39, 0.29) is 58.9 Å². The minimum absolute atomic E-state index is 0.000559. The van der Waals surface area contributed by atoms with E-state index in [2.05, 4.69) is 42.7 Å². The van der Waals surface area contributed by atoms with E-state index < -0.39 is 51.0 Å². The van der Waals surface area contributed by atoms with Crippen molar-refractivity contribution in [2.75, 3.05) is 32.8 Å². The first-order valence-corrected chi connectivity index (χ1v) is 32.1. The summed E-state index contributed by atoms with van der Waals surface area (Å²) in [7, 11) is -0.835. The van der Waals surface area contributed by atoms with E-state index in [9.17, 15) is 37.5 Å². The molecule has 7 aromatic rings. The zero-order chi connectivity index (χ0) is 60.7. The van der Waals surface area contributed by atoms with Crippen LogP contribution in [0.3, 0.4) is 0 Å². The lowest BCUT2D eigenvalue weighted by Crippen LogP contribution is -2.56. The highest BCUT2D eigenvalue weighted by molar-refractivity contribution is 7.90. The molecule has 2 aliphatic rings. The number of aromatic nitrogens is 2. The van der Waals surface area contributed by atoms with Crippen molar-refractivity contribution in [3.05, 3.63) is 158 Å². The van der Waals surface area contributed by atoms with Crippen LogP contribution in [-0.4, -0.2) is 107 Å². The van der Waals surface area contributed by atoms with Crippen molar-refractivity contribution < 1.29 is 46.9 Å². The number of carbonyl (C=O) groups excluding carboxylic acids is 4. The highest BCUT2D eigenvalue weighted by atomic mass is 32.2. The number of likely N-dealkylation sites (tertiary alicyclic amines) is 2. The molecule has 0 bridgehead atoms. The number of amides is 3. The number of sulfone groups is 1. The maximum Gasteiger partial charge on any atom is 0.328 e. The molecule has 2 saturated heterocycles. The van der Waals surface area contributed by atoms with E-state index in [0.29, 0.717) is 85.0 Å². The second-order valence-corrected chi connectivity index (χ2v) is 26.6. The van der Waals surface area contributed by atoms with Gasteiger partial charge in [-0.05, 0) is 120 Å². The van der Waals surface area contributed by atoms with Gasteiger partial charge in [0.05, 0.1) is 47.0 Å². The number of hydrogen-bond acceptors (Lipinski definition) is 12. The second-order valence-electron chi connectivity index (χ2n) is 23.7. The van der Waals surface area contributed by atoms with Crippen LogP contribution in [0.15, 0.2) is 124 Å². The number of thiophene rings is 1. The number of ether oxygens (including phenoxy) is 3. The number of aliphatic hydroxyl groups is 1. The summed E-state index contributed by atoms with van der Waals surface area (Å²) in [6, 6.07) is 30.4. The molecule has 2 aliphatic heterocycles. The standard InChI is InChI=1S/C67H79N5O11S2/c1-9-11-12-32-82-53-37-52(81-31-10-2)38-54(39-53)83-60-40-57-56(69(7)66(78)70(57)8)35-50(60)42-85(79,80)55-15-13-14-49(34-55)64(76)71-29-26-46(27-30-71)45-21-23-48(24-22-45)63(75)68-62(67(4,5)6)65(77)72-41-51(73)36-58(72)59(74)25-18-44-16-19-47(20-17-44)61-43(3)28-33-84-61/h13-17,19-24,28,33-35,37-40,46,51,58,62,73H,9-12,18,25-27,29-32,36,41-42H2,1-8H3,(H,68,75)/t51-,58+,62-/m1/s1. The third-order valence-electron chi connectivity index (χ3n) is 16.3. The summed E-state index contributed by atoms with van der Waals surface area (Å²) in [5.41, 5.74) is 5.30. The zero-order valence-corrected chi connectivity index (χ0v) is 51.7. The molecule has 0 aliphatic carbocycles. The van der Waals surface area contributed by atoms with Crippen molar-refractivity contribution in [1.29, 1.82) is 0 Å². The lowest BCUT2D eigenvalue weighted by molar-refractivity contribution is -0.141. The fourth-order valence-electron chi connectivity index (χ4n) is 11.4. The summed E-state index contributed by atoms with van der Waals surface area (Å²) in [5, 5.41) is 15.8. The summed E-state index contributed by atoms with van der Waals surface area (Å²) >= 11 is 1.69. The van der Waals surface area contributed by atoms with Crippen molar-refractivity contribution in [2.24, 2.45) is 19.5 Å². The van der Waals surface area contributed by atoms with Crippen LogP contribution in [-0.2, 0) is 45.7 Å². The molecule has 0 radical (unpaired) electrons. The number of hydrogen-bond donors (Lipinski definition) is 2. The van der Waals surface area contributed by atoms with Crippen molar-refractivity contribution in [3.8, 4) is 33.4 Å². The Balaban J connectivity index is 0.824. The van der Waals surface area contributed by atoms with Crippen LogP contribution in [0.1, 0.15) is 135 Å². The third-order valence-corrected chi connectivity index (χ3v) is 19.0. The van der Waals surface area contributed by atoms with E-state index in [1.165, 1.54) is 36.6 Å². The van der Waals surface area contributed by atoms with Crippen LogP contribution in [0, 0.1) is 12.3 Å². The van der Waals surface area contributed by atoms with Crippen LogP contribution in [0.2, 0.25) is 0 Å². The summed E-state index contributed by atoms with van der Waals surface area (Å²) < 4.78 is 50.5. The minimum atomic E-state index is -4.11. The van der Waals surface area contributed by atoms with E-state index in [4.69, 9.17) is 14.2 Å². The van der Waals surface area contributed by atoms with Gasteiger partial charge in [0, 0.05) is 92.4 Å². The molecular weight excluding hydrogens is 1110 g/mol. The Morgan fingerprint density at radius 2 is 1.46 bits per heavy atom. The number of nitrogens with one attached hydrogen (secondary N) is 1. The lowest BCUT2D eigenvalue weighted by atomic mass is 9.85. The fraction of sp³-hybridized carbons (Fsp3) is 0.418. The number of benzene rings is 5. The average molecular weight is 1190 g/mol. The van der Waals surface area contributed by atoms with Crippen LogP contribution < -0.4 is 25.2 Å². The Morgan fingerprint density at radius 1 is 0.788 bits per heavy atom. The maximum absolute atomic E-state index is 14.5. The molecule has 16 nitrogen and oxygen atoms in total. The van der Waals surface area contributed by atoms with Gasteiger partial charge in [0.2, 0.25) is 5.91 Å². The number of aryl methyl sites for hydroxylation is 4. The summed E-state index contributed by atoms with van der Waals surface area (Å²) in [4.78, 5) is 73.7. The van der Waals surface area contributed by atoms with Crippen LogP contribution in [0.4, 0.5) is 0 Å². The number of imidazole rings is 1. The first kappa shape index (κ1) is 62.0. The molecule has 4 heterocycles. The predicted octanol–water partition coefficient (Wildman–Crippen LogP) is 11.4. The third kappa shape index (κ3) is 14.6. The SMILES string of the molecule is CCCCCOc1cc(OCCC)cc(Oc2cc3c(cc2CS(=O)(=O)c2cccc(C(=O)N4CCC(c5ccc(C(=O)N[C@H](C(=O)N6C[C@H](O)C[C@H]6C(=O)CCc6ccc(-c7sccc7C)cc6)C(C)(C)C)cc5)CC4)c2)n(C)c(=O)n3C)c1. The molecule has 0 spiro atoms. The Labute approximate surface area is 502 Å². The van der Waals surface area contributed by atoms with Crippen molar-refractivity contribution in [3.63, 3.8) is 0 Å². The van der Waals surface area contributed by atoms with Gasteiger partial charge in [0.1, 0.15) is 29.0 Å². The number of unbranched alkanes of at least 4 members (excludes halogenated alkanes) is 2. The lowest BCUT2D eigenvalue weighted by Gasteiger charge is -2.35. The predicted molar refractivity (Wildman–Crippen MR) is 332 cm³/mol. The van der Waals surface area contributed by atoms with Gasteiger partial charge in [-0.2, -0.15) is 0 Å². The molecule has 5 aromatic carbocycles. The molecule has 0 saturated carbocycles. The number of rotatable bonds is 23. The zero-order valence-electron chi connectivity index (χ0n) is 50.0. The molecule has 9 rings (SSSR count). The molecule has 2 N–H and O–H groups in total. The second kappa shape index (κ2) is 26.8. The van der Waals surface area contributed by atoms with E-state index in [1.54, 1.807) is 84.9 Å². The quantitative estimate of drug-likeness (QED) is 0.0578. The highest BCUT2D eigenvalue weighted by Gasteiger charge is 2.44. The largest absolute Gasteiger partial charge is 0.493 e. The van der Waals surface area contributed by atoms with Gasteiger partial charge in [0.25, 0.3) is 11.8 Å². The average Bonchev–Trinajstić information content (AvgIpc) is 3.58. The number of ketones is 1. The van der Waals surface area contributed by atoms with Gasteiger partial charge in [-0.25, -0.2) is 13.2 Å². The van der Waals surface area contributed by atoms with E-state index in [1.807, 2.05) is 52.0 Å². The first-order valence-electron chi connectivity index (χ1n) is 29.6. The molecule has 3 atom stereocenters. The number of Topliss-reactive ketones (excluding diaryl/α,β-unsaturated/α-hetero) is 1. The molecule has 18 heteroatoms. The number of fused-ring (bicyclic) bond motifs is 1. The Hall–Kier alpha value is -7.54. The smallest absolute Gasteiger partial charge is 0.328 e. The van der Waals surface area contributed by atoms with Crippen molar-refractivity contribution in [2.45, 2.75) is 134 Å². The number of aliphatic hydroxyl groups excluding tert-OH is 1. The Bertz CT molecular complexity index is 3720. The van der Waals surface area contributed by atoms with Gasteiger partial charge in [0.15, 0.2) is 15.6 Å². The maximum atomic E-state index is 14.5. The van der Waals surface area contributed by atoms with Gasteiger partial charge < -0.3 is 34.4 Å². The molecule has 2 fully saturated rings. The Morgan fingerprint density at radius 3 is 2.11 bits per heavy atom. The number of carbonyl (C=O) groups is 4. The first-order chi connectivity index (χ1) is 40.6. The van der Waals surface area contributed by atoms with Crippen LogP contribution >= 0.6 is 11.3 Å². The Kier molecular flexibility index (Phi) is 19.5. The highest BCUT2D eigenvalue weighted by Crippen LogP contribution is 2.38. The number of β-amino-alcohol motifs (C(OH)–C–C–N with tert-alkyl or cyclic N) is 1. The van der Waals surface area contributed by atoms with Gasteiger partial charge in [-0.3, -0.25) is 28.3 Å². The molecule has 85 heavy (non-hydrogen) atoms. The summed E-state index contributed by atoms with van der Waals surface area (Å²) in [5.74, 6) is -0.00851. The number of nitrogens with zero attached hydrogens (tertiary/aromatic N) is 4. The molecule has 3 amide bonds. The normalized spacial score (nSPS) is 16.2. The molecule has 450 valence electrons. The fourth-order valence-corrected chi connectivity index (χ4v) is 13.7. The summed E-state index contributed by atoms with van der Waals surface area (Å²) in [6.45, 7) is 13.6. The molecule has 0 unspecified atom stereocenters. The van der Waals surface area contributed by atoms with Gasteiger partial charge in [-0.1, -0.05) is 89.9 Å². The van der Waals surface area contributed by atoms with Gasteiger partial charge in [-0.15, -0.1) is 11.3 Å². The van der Waals surface area contributed by atoms with E-state index >= 15 is 0 Å². The summed E-state index contributed by atoms with van der Waals surface area (Å²) in [6.07, 6.45) is 4.96. The van der Waals surface area contributed by atoms with Crippen LogP contribution in [0.25, 0.3) is 21.5 Å². The van der Waals surface area contributed by atoms with E-state index in [0.717, 1.165) is 42.4 Å². The van der Waals surface area contributed by atoms with Crippen molar-refractivity contribution in [1.82, 2.24) is 24.3 Å². The minimum Gasteiger partial charge on any atom is -0.493 e. The molecule has 2 aromatic heterocycles. The van der Waals surface area contributed by atoms with Crippen LogP contribution in [0.5, 0.6) is 23.0 Å². The molecular formula is C67H79N5O11S2. The topological polar surface area (TPSA) is 196 Å². The van der Waals surface area contributed by atoms with Gasteiger partial charge >= 0.3 is 5.69 Å². The monoisotopic (exact) mass is 1190 g/mol.